The fourth-order valence-corrected chi connectivity index (χ4v) is 3.74. The minimum absolute atomic E-state index is 0.0300. The number of rotatable bonds is 7. The number of nitrogens with one attached hydrogen (secondary N) is 1. The lowest BCUT2D eigenvalue weighted by Crippen LogP contribution is -2.45. The van der Waals surface area contributed by atoms with Gasteiger partial charge < -0.3 is 25.2 Å². The molecule has 3 rings (SSSR count). The number of ether oxygens (including phenoxy) is 1. The molecule has 0 aromatic carbocycles. The van der Waals surface area contributed by atoms with Crippen molar-refractivity contribution in [3.63, 3.8) is 0 Å². The molecule has 2 amide bonds. The number of hydrogen-bond acceptors (Lipinski definition) is 6. The van der Waals surface area contributed by atoms with Gasteiger partial charge in [-0.2, -0.15) is 0 Å². The van der Waals surface area contributed by atoms with Crippen molar-refractivity contribution in [2.24, 2.45) is 5.92 Å². The van der Waals surface area contributed by atoms with E-state index in [1.54, 1.807) is 0 Å². The molecule has 0 saturated heterocycles. The van der Waals surface area contributed by atoms with E-state index >= 15 is 0 Å². The van der Waals surface area contributed by atoms with Crippen LogP contribution in [0.2, 0.25) is 0 Å². The number of nitrogens with zero attached hydrogens (tertiary/aromatic N) is 2. The highest BCUT2D eigenvalue weighted by atomic mass is 19.1. The highest BCUT2D eigenvalue weighted by Crippen LogP contribution is 2.29. The lowest BCUT2D eigenvalue weighted by molar-refractivity contribution is -0.138. The van der Waals surface area contributed by atoms with Gasteiger partial charge >= 0.3 is 5.97 Å². The van der Waals surface area contributed by atoms with E-state index in [9.17, 15) is 23.9 Å². The van der Waals surface area contributed by atoms with Gasteiger partial charge in [0.15, 0.2) is 0 Å². The summed E-state index contributed by atoms with van der Waals surface area (Å²) in [5, 5.41) is 20.8. The summed E-state index contributed by atoms with van der Waals surface area (Å²) in [7, 11) is 0. The third-order valence-corrected chi connectivity index (χ3v) is 5.30. The molecule has 0 atom stereocenters. The number of carbonyl (C=O) groups is 3. The molecule has 2 aliphatic rings. The van der Waals surface area contributed by atoms with Crippen molar-refractivity contribution in [2.75, 3.05) is 19.6 Å². The van der Waals surface area contributed by atoms with Gasteiger partial charge in [-0.15, -0.1) is 0 Å². The smallest absolute Gasteiger partial charge is 0.322 e. The van der Waals surface area contributed by atoms with Crippen LogP contribution in [0, 0.1) is 11.7 Å². The van der Waals surface area contributed by atoms with Crippen LogP contribution in [0.25, 0.3) is 0 Å². The highest BCUT2D eigenvalue weighted by molar-refractivity contribution is 6.19. The van der Waals surface area contributed by atoms with Gasteiger partial charge in [0.25, 0.3) is 11.8 Å². The quantitative estimate of drug-likeness (QED) is 0.568. The largest absolute Gasteiger partial charge is 0.511 e. The normalized spacial score (nSPS) is 22.0. The van der Waals surface area contributed by atoms with Crippen molar-refractivity contribution in [3.8, 4) is 5.88 Å². The average Bonchev–Trinajstić information content (AvgIpc) is 2.72. The summed E-state index contributed by atoms with van der Waals surface area (Å²) in [5.74, 6) is -2.85. The number of carbonyl (C=O) groups excluding carboxylic acids is 2. The van der Waals surface area contributed by atoms with Gasteiger partial charge in [0.1, 0.15) is 29.8 Å². The molecule has 0 bridgehead atoms. The first-order valence-electron chi connectivity index (χ1n) is 9.83. The molecule has 1 aliphatic carbocycles. The van der Waals surface area contributed by atoms with E-state index in [4.69, 9.17) is 9.84 Å². The van der Waals surface area contributed by atoms with Crippen molar-refractivity contribution >= 4 is 17.8 Å². The first-order chi connectivity index (χ1) is 14.3. The van der Waals surface area contributed by atoms with Gasteiger partial charge in [0.05, 0.1) is 6.20 Å². The number of aliphatic hydroxyl groups excluding tert-OH is 1. The Kier molecular flexibility index (Phi) is 6.86. The highest BCUT2D eigenvalue weighted by Gasteiger charge is 2.34. The van der Waals surface area contributed by atoms with Crippen LogP contribution in [-0.2, 0) is 14.4 Å². The fourth-order valence-electron chi connectivity index (χ4n) is 3.74. The van der Waals surface area contributed by atoms with Crippen LogP contribution in [0.1, 0.15) is 32.1 Å². The molecule has 1 aliphatic heterocycles. The Hall–Kier alpha value is -3.17. The molecule has 162 valence electrons. The second kappa shape index (κ2) is 9.55. The molecule has 2 heterocycles. The first-order valence-corrected chi connectivity index (χ1v) is 9.83. The monoisotopic (exact) mass is 421 g/mol. The van der Waals surface area contributed by atoms with Crippen molar-refractivity contribution in [2.45, 2.75) is 38.2 Å². The lowest BCUT2D eigenvalue weighted by atomic mass is 9.86. The maximum atomic E-state index is 12.9. The summed E-state index contributed by atoms with van der Waals surface area (Å²) < 4.78 is 18.7. The zero-order valence-corrected chi connectivity index (χ0v) is 16.3. The van der Waals surface area contributed by atoms with E-state index in [-0.39, 0.29) is 29.8 Å². The van der Waals surface area contributed by atoms with Crippen LogP contribution in [0.15, 0.2) is 29.7 Å². The molecule has 30 heavy (non-hydrogen) atoms. The lowest BCUT2D eigenvalue weighted by Gasteiger charge is -2.34. The van der Waals surface area contributed by atoms with Crippen molar-refractivity contribution in [1.29, 1.82) is 0 Å². The topological polar surface area (TPSA) is 129 Å². The Morgan fingerprint density at radius 2 is 2.00 bits per heavy atom. The number of halogens is 1. The number of aliphatic hydroxyl groups is 1. The van der Waals surface area contributed by atoms with Crippen molar-refractivity contribution in [3.05, 3.63) is 35.5 Å². The Morgan fingerprint density at radius 3 is 2.63 bits per heavy atom. The standard InChI is InChI=1S/C20H24FN3O6/c21-13-3-6-16(22-9-13)30-14-4-1-12(2-5-14)11-24-8-7-15(25)18(20(24)29)19(28)23-10-17(26)27/h3,6,9,12,14,25H,1-2,4-5,7-8,10-11H2,(H,23,28)(H,26,27). The van der Waals surface area contributed by atoms with Crippen molar-refractivity contribution < 1.29 is 33.7 Å². The summed E-state index contributed by atoms with van der Waals surface area (Å²) in [6.07, 6.45) is 4.37. The van der Waals surface area contributed by atoms with Crippen LogP contribution in [-0.4, -0.2) is 63.6 Å². The second-order valence-electron chi connectivity index (χ2n) is 7.47. The number of carboxylic acids is 1. The molecule has 1 fully saturated rings. The summed E-state index contributed by atoms with van der Waals surface area (Å²) in [6, 6.07) is 2.78. The van der Waals surface area contributed by atoms with Crippen LogP contribution in [0.5, 0.6) is 5.88 Å². The minimum atomic E-state index is -1.24. The van der Waals surface area contributed by atoms with Crippen LogP contribution < -0.4 is 10.1 Å². The SMILES string of the molecule is O=C(O)CNC(=O)C1=C(O)CCN(CC2CCC(Oc3ccc(F)cn3)CC2)C1=O. The van der Waals surface area contributed by atoms with E-state index in [2.05, 4.69) is 10.3 Å². The fraction of sp³-hybridized carbons (Fsp3) is 0.500. The minimum Gasteiger partial charge on any atom is -0.511 e. The molecule has 1 saturated carbocycles. The third kappa shape index (κ3) is 5.46. The number of aliphatic carboxylic acids is 1. The van der Waals surface area contributed by atoms with Gasteiger partial charge in [0, 0.05) is 25.6 Å². The Morgan fingerprint density at radius 1 is 1.27 bits per heavy atom. The summed E-state index contributed by atoms with van der Waals surface area (Å²) in [4.78, 5) is 40.8. The molecule has 1 aromatic rings. The van der Waals surface area contributed by atoms with Gasteiger partial charge in [0.2, 0.25) is 5.88 Å². The second-order valence-corrected chi connectivity index (χ2v) is 7.47. The third-order valence-electron chi connectivity index (χ3n) is 5.30. The van der Waals surface area contributed by atoms with Crippen LogP contribution in [0.3, 0.4) is 0 Å². The molecule has 0 unspecified atom stereocenters. The zero-order valence-electron chi connectivity index (χ0n) is 16.3. The predicted molar refractivity (Wildman–Crippen MR) is 102 cm³/mol. The number of carboxylic acid groups (broad SMARTS) is 1. The Bertz CT molecular complexity index is 833. The molecular weight excluding hydrogens is 397 g/mol. The molecule has 0 spiro atoms. The van der Waals surface area contributed by atoms with E-state index in [0.29, 0.717) is 19.0 Å². The molecule has 1 aromatic heterocycles. The number of aromatic nitrogens is 1. The first kappa shape index (κ1) is 21.5. The summed E-state index contributed by atoms with van der Waals surface area (Å²) in [5.41, 5.74) is -0.387. The molecular formula is C20H24FN3O6. The van der Waals surface area contributed by atoms with Gasteiger partial charge in [-0.25, -0.2) is 9.37 Å². The Labute approximate surface area is 172 Å². The number of amides is 2. The Balaban J connectivity index is 1.51. The van der Waals surface area contributed by atoms with E-state index in [0.717, 1.165) is 31.9 Å². The molecule has 9 nitrogen and oxygen atoms in total. The van der Waals surface area contributed by atoms with Crippen LogP contribution >= 0.6 is 0 Å². The number of hydrogen-bond donors (Lipinski definition) is 3. The predicted octanol–water partition coefficient (Wildman–Crippen LogP) is 1.40. The van der Waals surface area contributed by atoms with Crippen molar-refractivity contribution in [1.82, 2.24) is 15.2 Å². The summed E-state index contributed by atoms with van der Waals surface area (Å²) in [6.45, 7) is 0.121. The number of pyridine rings is 1. The average molecular weight is 421 g/mol. The van der Waals surface area contributed by atoms with E-state index in [1.807, 2.05) is 0 Å². The molecule has 10 heteroatoms. The summed E-state index contributed by atoms with van der Waals surface area (Å²) >= 11 is 0. The maximum absolute atomic E-state index is 12.9. The zero-order chi connectivity index (χ0) is 21.7. The van der Waals surface area contributed by atoms with Gasteiger partial charge in [-0.3, -0.25) is 14.4 Å². The van der Waals surface area contributed by atoms with E-state index < -0.39 is 30.1 Å². The van der Waals surface area contributed by atoms with Crippen LogP contribution in [0.4, 0.5) is 4.39 Å². The van der Waals surface area contributed by atoms with E-state index in [1.165, 1.54) is 17.0 Å². The molecule has 0 radical (unpaired) electrons. The molecule has 3 N–H and O–H groups in total. The maximum Gasteiger partial charge on any atom is 0.322 e. The van der Waals surface area contributed by atoms with Gasteiger partial charge in [-0.1, -0.05) is 0 Å². The van der Waals surface area contributed by atoms with Gasteiger partial charge in [-0.05, 0) is 37.7 Å².